The summed E-state index contributed by atoms with van der Waals surface area (Å²) >= 11 is 6.01. The van der Waals surface area contributed by atoms with E-state index >= 15 is 0 Å². The van der Waals surface area contributed by atoms with E-state index in [9.17, 15) is 22.4 Å². The molecule has 0 fully saturated rings. The monoisotopic (exact) mass is 545 g/mol. The minimum absolute atomic E-state index is 0.0164. The van der Waals surface area contributed by atoms with Crippen molar-refractivity contribution >= 4 is 39.1 Å². The maximum atomic E-state index is 13.7. The van der Waals surface area contributed by atoms with Crippen molar-refractivity contribution in [2.75, 3.05) is 17.4 Å². The minimum atomic E-state index is -4.15. The molecule has 0 aliphatic rings. The molecule has 7 nitrogen and oxygen atoms in total. The lowest BCUT2D eigenvalue weighted by molar-refractivity contribution is -0.139. The highest BCUT2D eigenvalue weighted by Crippen LogP contribution is 2.26. The van der Waals surface area contributed by atoms with Crippen LogP contribution in [-0.4, -0.2) is 44.3 Å². The Morgan fingerprint density at radius 3 is 2.14 bits per heavy atom. The zero-order valence-corrected chi connectivity index (χ0v) is 22.4. The van der Waals surface area contributed by atoms with Crippen LogP contribution in [0, 0.1) is 12.7 Å². The Morgan fingerprint density at radius 1 is 0.973 bits per heavy atom. The first kappa shape index (κ1) is 28.1. The number of amides is 2. The molecule has 0 spiro atoms. The van der Waals surface area contributed by atoms with Crippen LogP contribution in [0.15, 0.2) is 77.7 Å². The van der Waals surface area contributed by atoms with Gasteiger partial charge in [0.15, 0.2) is 0 Å². The third kappa shape index (κ3) is 7.08. The summed E-state index contributed by atoms with van der Waals surface area (Å²) in [6.07, 6.45) is 0. The predicted molar refractivity (Wildman–Crippen MR) is 142 cm³/mol. The van der Waals surface area contributed by atoms with Crippen LogP contribution in [0.1, 0.15) is 25.0 Å². The summed E-state index contributed by atoms with van der Waals surface area (Å²) in [5.74, 6) is -1.43. The first-order valence-corrected chi connectivity index (χ1v) is 13.5. The molecule has 2 amide bonds. The molecule has 0 aliphatic carbocycles. The van der Waals surface area contributed by atoms with Crippen molar-refractivity contribution in [1.82, 2.24) is 10.2 Å². The van der Waals surface area contributed by atoms with E-state index in [2.05, 4.69) is 5.32 Å². The topological polar surface area (TPSA) is 86.8 Å². The van der Waals surface area contributed by atoms with Crippen molar-refractivity contribution in [2.24, 2.45) is 0 Å². The van der Waals surface area contributed by atoms with E-state index in [0.29, 0.717) is 17.1 Å². The number of hydrogen-bond acceptors (Lipinski definition) is 4. The fourth-order valence-corrected chi connectivity index (χ4v) is 5.20. The minimum Gasteiger partial charge on any atom is -0.355 e. The molecule has 3 rings (SSSR count). The van der Waals surface area contributed by atoms with Crippen molar-refractivity contribution in [1.29, 1.82) is 0 Å². The normalized spacial score (nSPS) is 12.0. The number of carbonyl (C=O) groups is 2. The molecule has 0 aliphatic heterocycles. The van der Waals surface area contributed by atoms with Crippen LogP contribution >= 0.6 is 11.6 Å². The molecule has 0 radical (unpaired) electrons. The van der Waals surface area contributed by atoms with Gasteiger partial charge >= 0.3 is 0 Å². The van der Waals surface area contributed by atoms with Crippen molar-refractivity contribution in [2.45, 2.75) is 38.3 Å². The molecule has 3 aromatic rings. The van der Waals surface area contributed by atoms with Gasteiger partial charge in [-0.1, -0.05) is 41.4 Å². The SMILES string of the molecule is CCNC(=O)C(C)N(Cc1ccc(F)cc1)C(=O)CN(c1ccc(Cl)cc1)S(=O)(=O)c1ccc(C)cc1. The maximum absolute atomic E-state index is 13.7. The predicted octanol–water partition coefficient (Wildman–Crippen LogP) is 4.54. The molecule has 37 heavy (non-hydrogen) atoms. The standard InChI is InChI=1S/C27H29ClFN3O4S/c1-4-30-27(34)20(3)31(17-21-7-11-23(29)12-8-21)26(33)18-32(24-13-9-22(28)10-14-24)37(35,36)25-15-5-19(2)6-16-25/h5-16,20H,4,17-18H2,1-3H3,(H,30,34). The Bertz CT molecular complexity index is 1330. The van der Waals surface area contributed by atoms with E-state index in [4.69, 9.17) is 11.6 Å². The zero-order valence-electron chi connectivity index (χ0n) is 20.8. The van der Waals surface area contributed by atoms with Crippen LogP contribution in [0.4, 0.5) is 10.1 Å². The molecule has 1 atom stereocenters. The Balaban J connectivity index is 2.01. The lowest BCUT2D eigenvalue weighted by Crippen LogP contribution is -2.51. The number of anilines is 1. The number of likely N-dealkylation sites (N-methyl/N-ethyl adjacent to an activating group) is 1. The van der Waals surface area contributed by atoms with E-state index in [1.165, 1.54) is 65.6 Å². The highest BCUT2D eigenvalue weighted by Gasteiger charge is 2.32. The van der Waals surface area contributed by atoms with Crippen molar-refractivity contribution in [3.8, 4) is 0 Å². The van der Waals surface area contributed by atoms with Crippen LogP contribution in [0.25, 0.3) is 0 Å². The molecule has 196 valence electrons. The van der Waals surface area contributed by atoms with Gasteiger partial charge in [-0.2, -0.15) is 0 Å². The second-order valence-electron chi connectivity index (χ2n) is 8.52. The maximum Gasteiger partial charge on any atom is 0.264 e. The van der Waals surface area contributed by atoms with Gasteiger partial charge in [0.25, 0.3) is 10.0 Å². The lowest BCUT2D eigenvalue weighted by Gasteiger charge is -2.32. The number of nitrogens with one attached hydrogen (secondary N) is 1. The average molecular weight is 546 g/mol. The Hall–Kier alpha value is -3.43. The number of carbonyl (C=O) groups excluding carboxylic acids is 2. The van der Waals surface area contributed by atoms with Crippen LogP contribution in [0.5, 0.6) is 0 Å². The smallest absolute Gasteiger partial charge is 0.264 e. The van der Waals surface area contributed by atoms with Crippen molar-refractivity contribution in [3.05, 3.63) is 94.8 Å². The van der Waals surface area contributed by atoms with E-state index in [0.717, 1.165) is 9.87 Å². The van der Waals surface area contributed by atoms with E-state index < -0.39 is 40.2 Å². The van der Waals surface area contributed by atoms with Gasteiger partial charge in [0.2, 0.25) is 11.8 Å². The summed E-state index contributed by atoms with van der Waals surface area (Å²) < 4.78 is 41.8. The molecule has 1 unspecified atom stereocenters. The van der Waals surface area contributed by atoms with Crippen LogP contribution in [0.3, 0.4) is 0 Å². The van der Waals surface area contributed by atoms with Gasteiger partial charge in [-0.05, 0) is 74.9 Å². The summed E-state index contributed by atoms with van der Waals surface area (Å²) in [5.41, 5.74) is 1.71. The van der Waals surface area contributed by atoms with Gasteiger partial charge in [-0.25, -0.2) is 12.8 Å². The van der Waals surface area contributed by atoms with Gasteiger partial charge in [0, 0.05) is 18.1 Å². The molecule has 10 heteroatoms. The molecule has 0 aromatic heterocycles. The largest absolute Gasteiger partial charge is 0.355 e. The number of halogens is 2. The molecule has 3 aromatic carbocycles. The molecular formula is C27H29ClFN3O4S. The number of nitrogens with zero attached hydrogens (tertiary/aromatic N) is 2. The molecule has 0 heterocycles. The van der Waals surface area contributed by atoms with Gasteiger partial charge in [0.05, 0.1) is 10.6 Å². The van der Waals surface area contributed by atoms with Crippen LogP contribution < -0.4 is 9.62 Å². The lowest BCUT2D eigenvalue weighted by atomic mass is 10.1. The summed E-state index contributed by atoms with van der Waals surface area (Å²) in [7, 11) is -4.15. The number of aryl methyl sites for hydroxylation is 1. The number of hydrogen-bond donors (Lipinski definition) is 1. The number of benzene rings is 3. The van der Waals surface area contributed by atoms with Crippen molar-refractivity contribution in [3.63, 3.8) is 0 Å². The van der Waals surface area contributed by atoms with E-state index in [-0.39, 0.29) is 17.1 Å². The Labute approximate surface area is 221 Å². The molecule has 0 bridgehead atoms. The first-order chi connectivity index (χ1) is 17.5. The number of rotatable bonds is 10. The fraction of sp³-hybridized carbons (Fsp3) is 0.259. The average Bonchev–Trinajstić information content (AvgIpc) is 2.87. The van der Waals surface area contributed by atoms with Gasteiger partial charge < -0.3 is 10.2 Å². The highest BCUT2D eigenvalue weighted by atomic mass is 35.5. The number of sulfonamides is 1. The third-order valence-electron chi connectivity index (χ3n) is 5.79. The Morgan fingerprint density at radius 2 is 1.57 bits per heavy atom. The van der Waals surface area contributed by atoms with Gasteiger partial charge in [0.1, 0.15) is 18.4 Å². The summed E-state index contributed by atoms with van der Waals surface area (Å²) in [6, 6.07) is 17.0. The molecular weight excluding hydrogens is 517 g/mol. The first-order valence-electron chi connectivity index (χ1n) is 11.7. The van der Waals surface area contributed by atoms with E-state index in [1.807, 2.05) is 6.92 Å². The zero-order chi connectivity index (χ0) is 27.2. The molecule has 0 saturated carbocycles. The fourth-order valence-electron chi connectivity index (χ4n) is 3.66. The highest BCUT2D eigenvalue weighted by molar-refractivity contribution is 7.92. The molecule has 0 saturated heterocycles. The quantitative estimate of drug-likeness (QED) is 0.405. The van der Waals surface area contributed by atoms with Gasteiger partial charge in [-0.15, -0.1) is 0 Å². The summed E-state index contributed by atoms with van der Waals surface area (Å²) in [5, 5.41) is 3.10. The Kier molecular flexibility index (Phi) is 9.29. The second-order valence-corrected chi connectivity index (χ2v) is 10.8. The summed E-state index contributed by atoms with van der Waals surface area (Å²) in [6.45, 7) is 4.94. The van der Waals surface area contributed by atoms with Crippen molar-refractivity contribution < 1.29 is 22.4 Å². The van der Waals surface area contributed by atoms with Crippen LogP contribution in [-0.2, 0) is 26.2 Å². The molecule has 1 N–H and O–H groups in total. The van der Waals surface area contributed by atoms with Crippen LogP contribution in [0.2, 0.25) is 5.02 Å². The second kappa shape index (κ2) is 12.2. The third-order valence-corrected chi connectivity index (χ3v) is 7.83. The van der Waals surface area contributed by atoms with E-state index in [1.54, 1.807) is 26.0 Å². The van der Waals surface area contributed by atoms with Gasteiger partial charge in [-0.3, -0.25) is 13.9 Å². The summed E-state index contributed by atoms with van der Waals surface area (Å²) in [4.78, 5) is 27.7.